The minimum absolute atomic E-state index is 0.155. The van der Waals surface area contributed by atoms with Gasteiger partial charge in [-0.05, 0) is 30.5 Å². The van der Waals surface area contributed by atoms with Gasteiger partial charge in [0.05, 0.1) is 12.3 Å². The number of benzene rings is 3. The van der Waals surface area contributed by atoms with Gasteiger partial charge in [-0.3, -0.25) is 9.69 Å². The van der Waals surface area contributed by atoms with Crippen molar-refractivity contribution in [3.63, 3.8) is 0 Å². The van der Waals surface area contributed by atoms with Crippen LogP contribution in [0.4, 0.5) is 11.4 Å². The van der Waals surface area contributed by atoms with Crippen LogP contribution in [0.25, 0.3) is 10.8 Å². The van der Waals surface area contributed by atoms with E-state index in [1.165, 1.54) is 4.90 Å². The van der Waals surface area contributed by atoms with E-state index in [-0.39, 0.29) is 6.61 Å². The normalized spacial score (nSPS) is 10.4. The molecular weight excluding hydrogens is 302 g/mol. The summed E-state index contributed by atoms with van der Waals surface area (Å²) in [6.07, 6.45) is 0. The third kappa shape index (κ3) is 2.99. The van der Waals surface area contributed by atoms with E-state index < -0.39 is 11.9 Å². The summed E-state index contributed by atoms with van der Waals surface area (Å²) in [4.78, 5) is 26.2. The van der Waals surface area contributed by atoms with Crippen LogP contribution in [-0.4, -0.2) is 18.5 Å². The number of esters is 1. The van der Waals surface area contributed by atoms with Crippen LogP contribution in [0, 0.1) is 0 Å². The van der Waals surface area contributed by atoms with Crippen LogP contribution in [0.3, 0.4) is 0 Å². The van der Waals surface area contributed by atoms with Gasteiger partial charge >= 0.3 is 11.9 Å². The van der Waals surface area contributed by atoms with Crippen molar-refractivity contribution in [2.24, 2.45) is 0 Å². The summed E-state index contributed by atoms with van der Waals surface area (Å²) >= 11 is 0. The Labute approximate surface area is 140 Å². The summed E-state index contributed by atoms with van der Waals surface area (Å²) in [6, 6.07) is 22.5. The number of ether oxygens (including phenoxy) is 1. The van der Waals surface area contributed by atoms with Crippen LogP contribution in [0.1, 0.15) is 6.92 Å². The van der Waals surface area contributed by atoms with Crippen molar-refractivity contribution in [3.05, 3.63) is 72.8 Å². The largest absolute Gasteiger partial charge is 0.459 e. The van der Waals surface area contributed by atoms with Crippen LogP contribution in [0.2, 0.25) is 0 Å². The van der Waals surface area contributed by atoms with Gasteiger partial charge in [0.1, 0.15) is 0 Å². The topological polar surface area (TPSA) is 46.6 Å². The van der Waals surface area contributed by atoms with E-state index in [0.29, 0.717) is 11.4 Å². The fourth-order valence-corrected chi connectivity index (χ4v) is 2.63. The van der Waals surface area contributed by atoms with Gasteiger partial charge < -0.3 is 4.74 Å². The van der Waals surface area contributed by atoms with Gasteiger partial charge in [0, 0.05) is 11.1 Å². The summed E-state index contributed by atoms with van der Waals surface area (Å²) in [5.74, 6) is -1.58. The zero-order valence-electron chi connectivity index (χ0n) is 13.3. The number of hydrogen-bond acceptors (Lipinski definition) is 3. The molecule has 24 heavy (non-hydrogen) atoms. The van der Waals surface area contributed by atoms with Crippen molar-refractivity contribution in [1.82, 2.24) is 0 Å². The van der Waals surface area contributed by atoms with Gasteiger partial charge in [-0.15, -0.1) is 0 Å². The summed E-state index contributed by atoms with van der Waals surface area (Å²) < 4.78 is 4.91. The van der Waals surface area contributed by atoms with Crippen molar-refractivity contribution < 1.29 is 14.3 Å². The van der Waals surface area contributed by atoms with E-state index in [4.69, 9.17) is 4.74 Å². The van der Waals surface area contributed by atoms with Crippen LogP contribution in [0.5, 0.6) is 0 Å². The average molecular weight is 319 g/mol. The first-order valence-electron chi connectivity index (χ1n) is 7.76. The molecule has 120 valence electrons. The number of anilines is 2. The molecule has 4 heteroatoms. The molecule has 0 radical (unpaired) electrons. The molecule has 0 heterocycles. The van der Waals surface area contributed by atoms with Crippen molar-refractivity contribution in [2.75, 3.05) is 11.5 Å². The van der Waals surface area contributed by atoms with Crippen LogP contribution < -0.4 is 4.90 Å². The predicted octanol–water partition coefficient (Wildman–Crippen LogP) is 4.07. The third-order valence-corrected chi connectivity index (χ3v) is 3.68. The highest BCUT2D eigenvalue weighted by Crippen LogP contribution is 2.32. The Kier molecular flexibility index (Phi) is 4.57. The fraction of sp³-hybridized carbons (Fsp3) is 0.100. The molecule has 0 saturated carbocycles. The van der Waals surface area contributed by atoms with Gasteiger partial charge in [-0.25, -0.2) is 4.79 Å². The van der Waals surface area contributed by atoms with Gasteiger partial charge in [-0.1, -0.05) is 54.6 Å². The minimum atomic E-state index is -0.866. The van der Waals surface area contributed by atoms with Gasteiger partial charge in [0.25, 0.3) is 0 Å². The van der Waals surface area contributed by atoms with Crippen LogP contribution in [0.15, 0.2) is 72.8 Å². The molecule has 0 atom stereocenters. The maximum Gasteiger partial charge on any atom is 0.397 e. The molecule has 0 aliphatic carbocycles. The molecule has 0 bridgehead atoms. The zero-order valence-corrected chi connectivity index (χ0v) is 13.3. The van der Waals surface area contributed by atoms with E-state index in [1.807, 2.05) is 60.7 Å². The highest BCUT2D eigenvalue weighted by atomic mass is 16.5. The standard InChI is InChI=1S/C20H17NO3/c1-2-24-20(23)19(22)21(16-11-4-3-5-12-16)18-14-8-10-15-9-6-7-13-17(15)18/h3-14H,2H2,1H3. The summed E-state index contributed by atoms with van der Waals surface area (Å²) in [5, 5.41) is 1.88. The number of carbonyl (C=O) groups excluding carboxylic acids is 2. The number of para-hydroxylation sites is 1. The fourth-order valence-electron chi connectivity index (χ4n) is 2.63. The number of rotatable bonds is 3. The average Bonchev–Trinajstić information content (AvgIpc) is 2.63. The van der Waals surface area contributed by atoms with Gasteiger partial charge in [0.2, 0.25) is 0 Å². The van der Waals surface area contributed by atoms with E-state index in [0.717, 1.165) is 10.8 Å². The number of hydrogen-bond donors (Lipinski definition) is 0. The van der Waals surface area contributed by atoms with Crippen LogP contribution >= 0.6 is 0 Å². The number of nitrogens with zero attached hydrogens (tertiary/aromatic N) is 1. The SMILES string of the molecule is CCOC(=O)C(=O)N(c1ccccc1)c1cccc2ccccc12. The zero-order chi connectivity index (χ0) is 16.9. The highest BCUT2D eigenvalue weighted by Gasteiger charge is 2.27. The second-order valence-electron chi connectivity index (χ2n) is 5.19. The molecule has 0 aromatic heterocycles. The molecule has 1 amide bonds. The second kappa shape index (κ2) is 6.96. The maximum absolute atomic E-state index is 12.7. The summed E-state index contributed by atoms with van der Waals surface area (Å²) in [5.41, 5.74) is 1.27. The Morgan fingerprint density at radius 1 is 0.875 bits per heavy atom. The Bertz CT molecular complexity index is 869. The molecule has 0 spiro atoms. The molecule has 3 aromatic rings. The molecule has 0 N–H and O–H groups in total. The lowest BCUT2D eigenvalue weighted by Gasteiger charge is -2.23. The number of amides is 1. The lowest BCUT2D eigenvalue weighted by atomic mass is 10.1. The minimum Gasteiger partial charge on any atom is -0.459 e. The smallest absolute Gasteiger partial charge is 0.397 e. The van der Waals surface area contributed by atoms with E-state index in [2.05, 4.69) is 0 Å². The lowest BCUT2D eigenvalue weighted by molar-refractivity contribution is -0.152. The third-order valence-electron chi connectivity index (χ3n) is 3.68. The van der Waals surface area contributed by atoms with Gasteiger partial charge in [0.15, 0.2) is 0 Å². The first-order valence-corrected chi connectivity index (χ1v) is 7.76. The number of fused-ring (bicyclic) bond motifs is 1. The Balaban J connectivity index is 2.17. The molecule has 0 unspecified atom stereocenters. The Hall–Kier alpha value is -3.14. The van der Waals surface area contributed by atoms with Crippen LogP contribution in [-0.2, 0) is 14.3 Å². The summed E-state index contributed by atoms with van der Waals surface area (Å²) in [6.45, 7) is 1.83. The van der Waals surface area contributed by atoms with Crippen molar-refractivity contribution in [2.45, 2.75) is 6.92 Å². The van der Waals surface area contributed by atoms with E-state index >= 15 is 0 Å². The number of carbonyl (C=O) groups is 2. The lowest BCUT2D eigenvalue weighted by Crippen LogP contribution is -2.34. The molecule has 3 rings (SSSR count). The molecule has 0 fully saturated rings. The molecule has 0 aliphatic heterocycles. The molecule has 0 aliphatic rings. The van der Waals surface area contributed by atoms with Crippen molar-refractivity contribution in [1.29, 1.82) is 0 Å². The van der Waals surface area contributed by atoms with Gasteiger partial charge in [-0.2, -0.15) is 0 Å². The quantitative estimate of drug-likeness (QED) is 0.540. The van der Waals surface area contributed by atoms with E-state index in [1.54, 1.807) is 19.1 Å². The first kappa shape index (κ1) is 15.7. The maximum atomic E-state index is 12.7. The Morgan fingerprint density at radius 2 is 1.54 bits per heavy atom. The highest BCUT2D eigenvalue weighted by molar-refractivity contribution is 6.40. The molecule has 0 saturated heterocycles. The van der Waals surface area contributed by atoms with E-state index in [9.17, 15) is 9.59 Å². The molecule has 3 aromatic carbocycles. The predicted molar refractivity (Wildman–Crippen MR) is 94.2 cm³/mol. The van der Waals surface area contributed by atoms with Crippen molar-refractivity contribution >= 4 is 34.0 Å². The first-order chi connectivity index (χ1) is 11.7. The summed E-state index contributed by atoms with van der Waals surface area (Å²) in [7, 11) is 0. The Morgan fingerprint density at radius 3 is 2.29 bits per heavy atom. The second-order valence-corrected chi connectivity index (χ2v) is 5.19. The monoisotopic (exact) mass is 319 g/mol. The molecule has 4 nitrogen and oxygen atoms in total. The molecular formula is C20H17NO3. The van der Waals surface area contributed by atoms with Crippen molar-refractivity contribution in [3.8, 4) is 0 Å².